The van der Waals surface area contributed by atoms with Crippen LogP contribution in [0.15, 0.2) is 11.1 Å². The van der Waals surface area contributed by atoms with Gasteiger partial charge in [0.05, 0.1) is 17.1 Å². The van der Waals surface area contributed by atoms with Gasteiger partial charge in [-0.1, -0.05) is 27.7 Å². The van der Waals surface area contributed by atoms with Crippen molar-refractivity contribution < 1.29 is 34.5 Å². The minimum atomic E-state index is -1.45. The van der Waals surface area contributed by atoms with E-state index in [4.69, 9.17) is 5.11 Å². The first kappa shape index (κ1) is 25.2. The second kappa shape index (κ2) is 7.33. The number of carbonyl (C=O) groups is 4. The highest BCUT2D eigenvalue weighted by molar-refractivity contribution is 6.05. The molecule has 7 unspecified atom stereocenters. The molecule has 2 fully saturated rings. The summed E-state index contributed by atoms with van der Waals surface area (Å²) in [6.45, 7) is 11.0. The molecule has 2 saturated carbocycles. The van der Waals surface area contributed by atoms with Crippen LogP contribution in [-0.2, 0) is 19.2 Å². The number of aliphatic hydroxyl groups is 2. The fourth-order valence-corrected chi connectivity index (χ4v) is 8.48. The Morgan fingerprint density at radius 1 is 1.09 bits per heavy atom. The van der Waals surface area contributed by atoms with Crippen molar-refractivity contribution in [2.24, 2.45) is 33.5 Å². The minimum absolute atomic E-state index is 0.0231. The average Bonchev–Trinajstić information content (AvgIpc) is 2.93. The first-order valence-corrected chi connectivity index (χ1v) is 12.4. The predicted octanol–water partition coefficient (Wildman–Crippen LogP) is 3.25. The molecule has 0 aromatic rings. The zero-order valence-corrected chi connectivity index (χ0v) is 21.2. The molecule has 4 aliphatic carbocycles. The standard InChI is InChI=1S/C27H38O7/c1-23(2)16-11-14(28)22-21(24(16,3)9-7-18(23)30)15(29)13-25(4)17(12-19(31)27(22,25)6)26(5,34)10-8-20(32)33/h14,16-17,28,34H,7-13H2,1-6H3,(H,32,33). The molecular formula is C27H38O7. The van der Waals surface area contributed by atoms with Crippen molar-refractivity contribution in [3.05, 3.63) is 11.1 Å². The van der Waals surface area contributed by atoms with E-state index in [0.717, 1.165) is 0 Å². The lowest BCUT2D eigenvalue weighted by Gasteiger charge is -2.60. The molecule has 0 radical (unpaired) electrons. The maximum atomic E-state index is 13.9. The molecule has 0 bridgehead atoms. The summed E-state index contributed by atoms with van der Waals surface area (Å²) >= 11 is 0. The summed E-state index contributed by atoms with van der Waals surface area (Å²) in [7, 11) is 0. The molecule has 0 aliphatic heterocycles. The maximum absolute atomic E-state index is 13.9. The Morgan fingerprint density at radius 3 is 2.29 bits per heavy atom. The van der Waals surface area contributed by atoms with Crippen molar-refractivity contribution in [2.45, 2.75) is 98.2 Å². The van der Waals surface area contributed by atoms with Gasteiger partial charge in [0.1, 0.15) is 11.6 Å². The molecule has 34 heavy (non-hydrogen) atoms. The van der Waals surface area contributed by atoms with E-state index in [-0.39, 0.29) is 49.0 Å². The summed E-state index contributed by atoms with van der Waals surface area (Å²) in [5.41, 5.74) is -3.84. The fraction of sp³-hybridized carbons (Fsp3) is 0.778. The Kier molecular flexibility index (Phi) is 5.44. The highest BCUT2D eigenvalue weighted by Crippen LogP contribution is 2.70. The van der Waals surface area contributed by atoms with Gasteiger partial charge in [-0.2, -0.15) is 0 Å². The molecule has 7 heteroatoms. The van der Waals surface area contributed by atoms with Gasteiger partial charge in [-0.05, 0) is 50.0 Å². The molecule has 7 nitrogen and oxygen atoms in total. The molecule has 0 aromatic carbocycles. The lowest BCUT2D eigenvalue weighted by Crippen LogP contribution is -2.60. The Labute approximate surface area is 201 Å². The van der Waals surface area contributed by atoms with Crippen molar-refractivity contribution in [3.63, 3.8) is 0 Å². The summed E-state index contributed by atoms with van der Waals surface area (Å²) in [5.74, 6) is -1.96. The fourth-order valence-electron chi connectivity index (χ4n) is 8.48. The SMILES string of the molecule is CC(O)(CCC(=O)O)C1CC(=O)C2(C)C3=C(C(=O)CC12C)C1(C)CCC(=O)C(C)(C)C1CC3O. The number of ketones is 3. The Bertz CT molecular complexity index is 1020. The summed E-state index contributed by atoms with van der Waals surface area (Å²) in [6.07, 6.45) is -0.0417. The number of hydrogen-bond acceptors (Lipinski definition) is 6. The highest BCUT2D eigenvalue weighted by atomic mass is 16.4. The first-order valence-electron chi connectivity index (χ1n) is 12.4. The quantitative estimate of drug-likeness (QED) is 0.570. The number of carboxylic acid groups (broad SMARTS) is 1. The molecule has 0 heterocycles. The van der Waals surface area contributed by atoms with Gasteiger partial charge in [-0.3, -0.25) is 19.2 Å². The van der Waals surface area contributed by atoms with E-state index < -0.39 is 45.3 Å². The molecule has 4 aliphatic rings. The molecule has 188 valence electrons. The van der Waals surface area contributed by atoms with Gasteiger partial charge in [0.2, 0.25) is 0 Å². The van der Waals surface area contributed by atoms with E-state index >= 15 is 0 Å². The van der Waals surface area contributed by atoms with Crippen LogP contribution < -0.4 is 0 Å². The number of allylic oxidation sites excluding steroid dienone is 1. The number of hydrogen-bond donors (Lipinski definition) is 3. The third kappa shape index (κ3) is 3.01. The van der Waals surface area contributed by atoms with Gasteiger partial charge in [0.25, 0.3) is 0 Å². The van der Waals surface area contributed by atoms with E-state index in [9.17, 15) is 29.4 Å². The van der Waals surface area contributed by atoms with E-state index in [2.05, 4.69) is 0 Å². The van der Waals surface area contributed by atoms with Crippen LogP contribution in [-0.4, -0.2) is 50.3 Å². The predicted molar refractivity (Wildman–Crippen MR) is 124 cm³/mol. The van der Waals surface area contributed by atoms with Crippen LogP contribution in [0.3, 0.4) is 0 Å². The number of Topliss-reactive ketones (excluding diaryl/α,β-unsaturated/α-hetero) is 3. The van der Waals surface area contributed by atoms with Gasteiger partial charge in [-0.15, -0.1) is 0 Å². The lowest BCUT2D eigenvalue weighted by atomic mass is 9.42. The zero-order valence-electron chi connectivity index (χ0n) is 21.2. The normalized spacial score (nSPS) is 43.2. The van der Waals surface area contributed by atoms with Crippen LogP contribution in [0.4, 0.5) is 0 Å². The van der Waals surface area contributed by atoms with Crippen molar-refractivity contribution in [3.8, 4) is 0 Å². The molecule has 0 amide bonds. The number of rotatable bonds is 4. The molecule has 3 N–H and O–H groups in total. The van der Waals surface area contributed by atoms with E-state index in [1.165, 1.54) is 0 Å². The first-order chi connectivity index (χ1) is 15.4. The summed E-state index contributed by atoms with van der Waals surface area (Å²) < 4.78 is 0. The third-order valence-corrected chi connectivity index (χ3v) is 10.7. The van der Waals surface area contributed by atoms with E-state index in [1.54, 1.807) is 13.8 Å². The highest BCUT2D eigenvalue weighted by Gasteiger charge is 2.71. The van der Waals surface area contributed by atoms with Gasteiger partial charge in [0, 0.05) is 48.0 Å². The monoisotopic (exact) mass is 474 g/mol. The van der Waals surface area contributed by atoms with Gasteiger partial charge in [0.15, 0.2) is 5.78 Å². The molecule has 7 atom stereocenters. The van der Waals surface area contributed by atoms with Gasteiger partial charge in [-0.25, -0.2) is 0 Å². The van der Waals surface area contributed by atoms with Crippen molar-refractivity contribution in [1.82, 2.24) is 0 Å². The van der Waals surface area contributed by atoms with Crippen molar-refractivity contribution in [1.29, 1.82) is 0 Å². The van der Waals surface area contributed by atoms with Crippen molar-refractivity contribution >= 4 is 23.3 Å². The zero-order chi connectivity index (χ0) is 25.6. The number of fused-ring (bicyclic) bond motifs is 4. The van der Waals surface area contributed by atoms with Crippen LogP contribution in [0.2, 0.25) is 0 Å². The van der Waals surface area contributed by atoms with Crippen LogP contribution >= 0.6 is 0 Å². The summed E-state index contributed by atoms with van der Waals surface area (Å²) in [6, 6.07) is 0. The van der Waals surface area contributed by atoms with Crippen LogP contribution in [0.1, 0.15) is 86.5 Å². The largest absolute Gasteiger partial charge is 0.481 e. The number of aliphatic hydroxyl groups excluding tert-OH is 1. The summed E-state index contributed by atoms with van der Waals surface area (Å²) in [5, 5.41) is 32.0. The Hall–Kier alpha value is -1.86. The van der Waals surface area contributed by atoms with Crippen molar-refractivity contribution in [2.75, 3.05) is 0 Å². The van der Waals surface area contributed by atoms with Gasteiger partial charge < -0.3 is 15.3 Å². The topological polar surface area (TPSA) is 129 Å². The lowest BCUT2D eigenvalue weighted by molar-refractivity contribution is -0.149. The molecule has 4 rings (SSSR count). The van der Waals surface area contributed by atoms with Crippen LogP contribution in [0.25, 0.3) is 0 Å². The molecule has 0 spiro atoms. The molecular weight excluding hydrogens is 436 g/mol. The minimum Gasteiger partial charge on any atom is -0.481 e. The number of aliphatic carboxylic acids is 1. The maximum Gasteiger partial charge on any atom is 0.303 e. The smallest absolute Gasteiger partial charge is 0.303 e. The van der Waals surface area contributed by atoms with E-state index in [1.807, 2.05) is 27.7 Å². The second-order valence-corrected chi connectivity index (χ2v) is 12.7. The van der Waals surface area contributed by atoms with Gasteiger partial charge >= 0.3 is 5.97 Å². The Morgan fingerprint density at radius 2 is 1.71 bits per heavy atom. The van der Waals surface area contributed by atoms with E-state index in [0.29, 0.717) is 30.4 Å². The molecule has 0 saturated heterocycles. The number of carboxylic acids is 1. The van der Waals surface area contributed by atoms with Crippen LogP contribution in [0.5, 0.6) is 0 Å². The van der Waals surface area contributed by atoms with Crippen LogP contribution in [0, 0.1) is 33.5 Å². The number of carbonyl (C=O) groups excluding carboxylic acids is 3. The molecule has 0 aromatic heterocycles. The summed E-state index contributed by atoms with van der Waals surface area (Å²) in [4.78, 5) is 51.6. The Balaban J connectivity index is 1.88. The third-order valence-electron chi connectivity index (χ3n) is 10.7. The second-order valence-electron chi connectivity index (χ2n) is 12.7. The average molecular weight is 475 g/mol.